The molecule has 0 aromatic carbocycles. The van der Waals surface area contributed by atoms with E-state index in [9.17, 15) is 4.79 Å². The van der Waals surface area contributed by atoms with E-state index in [-0.39, 0.29) is 5.78 Å². The highest BCUT2D eigenvalue weighted by Gasteiger charge is 2.05. The smallest absolute Gasteiger partial charge is 0.206 e. The summed E-state index contributed by atoms with van der Waals surface area (Å²) in [6.45, 7) is 5.58. The van der Waals surface area contributed by atoms with Gasteiger partial charge in [0, 0.05) is 25.5 Å². The van der Waals surface area contributed by atoms with Gasteiger partial charge in [-0.3, -0.25) is 14.2 Å². The lowest BCUT2D eigenvalue weighted by atomic mass is 10.2. The minimum absolute atomic E-state index is 0.103. The van der Waals surface area contributed by atoms with E-state index < -0.39 is 0 Å². The summed E-state index contributed by atoms with van der Waals surface area (Å²) in [6.07, 6.45) is 6.90. The summed E-state index contributed by atoms with van der Waals surface area (Å²) in [7, 11) is 0. The van der Waals surface area contributed by atoms with E-state index in [1.165, 1.54) is 6.08 Å². The molecule has 0 N–H and O–H groups in total. The number of carbonyl (C=O) groups excluding carboxylic acids is 1. The average molecular weight is 244 g/mol. The third-order valence-corrected chi connectivity index (χ3v) is 2.61. The third-order valence-electron chi connectivity index (χ3n) is 2.61. The van der Waals surface area contributed by atoms with Crippen molar-refractivity contribution in [3.05, 3.63) is 42.0 Å². The number of nitrogens with zero attached hydrogens (tertiary/aromatic N) is 4. The minimum Gasteiger partial charge on any atom is -0.287 e. The summed E-state index contributed by atoms with van der Waals surface area (Å²) in [4.78, 5) is 11.8. The summed E-state index contributed by atoms with van der Waals surface area (Å²) in [6, 6.07) is 3.60. The highest BCUT2D eigenvalue weighted by atomic mass is 16.1. The lowest BCUT2D eigenvalue weighted by molar-refractivity contribution is 0.104. The van der Waals surface area contributed by atoms with Gasteiger partial charge in [0.1, 0.15) is 5.69 Å². The number of ketones is 1. The summed E-state index contributed by atoms with van der Waals surface area (Å²) < 4.78 is 3.54. The van der Waals surface area contributed by atoms with Gasteiger partial charge in [0.05, 0.1) is 5.69 Å². The second kappa shape index (κ2) is 5.44. The van der Waals surface area contributed by atoms with Gasteiger partial charge in [-0.2, -0.15) is 10.2 Å². The molecule has 0 aliphatic heterocycles. The quantitative estimate of drug-likeness (QED) is 0.597. The van der Waals surface area contributed by atoms with Gasteiger partial charge in [0.25, 0.3) is 0 Å². The number of rotatable bonds is 5. The maximum Gasteiger partial charge on any atom is 0.206 e. The molecule has 0 unspecified atom stereocenters. The van der Waals surface area contributed by atoms with E-state index >= 15 is 0 Å². The van der Waals surface area contributed by atoms with Crippen molar-refractivity contribution in [3.8, 4) is 0 Å². The van der Waals surface area contributed by atoms with Crippen LogP contribution in [-0.2, 0) is 13.1 Å². The van der Waals surface area contributed by atoms with Crippen LogP contribution < -0.4 is 0 Å². The first-order valence-corrected chi connectivity index (χ1v) is 6.02. The Bertz CT molecular complexity index is 565. The molecular weight excluding hydrogens is 228 g/mol. The molecule has 2 aromatic heterocycles. The fraction of sp³-hybridized carbons (Fsp3) is 0.308. The predicted octanol–water partition coefficient (Wildman–Crippen LogP) is 2.02. The first-order chi connectivity index (χ1) is 8.72. The van der Waals surface area contributed by atoms with Crippen LogP contribution >= 0.6 is 0 Å². The number of carbonyl (C=O) groups is 1. The van der Waals surface area contributed by atoms with Gasteiger partial charge in [-0.05, 0) is 38.1 Å². The van der Waals surface area contributed by atoms with Crippen molar-refractivity contribution in [2.75, 3.05) is 0 Å². The molecule has 0 bridgehead atoms. The maximum absolute atomic E-state index is 11.8. The first kappa shape index (κ1) is 12.3. The molecule has 5 nitrogen and oxygen atoms in total. The zero-order valence-electron chi connectivity index (χ0n) is 10.6. The van der Waals surface area contributed by atoms with Gasteiger partial charge >= 0.3 is 0 Å². The van der Waals surface area contributed by atoms with E-state index in [1.807, 2.05) is 30.8 Å². The Morgan fingerprint density at radius 2 is 1.83 bits per heavy atom. The lowest BCUT2D eigenvalue weighted by Crippen LogP contribution is -2.00. The molecule has 0 radical (unpaired) electrons. The van der Waals surface area contributed by atoms with Crippen molar-refractivity contribution in [2.45, 2.75) is 26.9 Å². The Morgan fingerprint density at radius 3 is 2.44 bits per heavy atom. The van der Waals surface area contributed by atoms with Crippen LogP contribution in [-0.4, -0.2) is 25.3 Å². The number of hydrogen-bond acceptors (Lipinski definition) is 3. The molecule has 0 saturated heterocycles. The molecule has 2 rings (SSSR count). The molecule has 5 heteroatoms. The summed E-state index contributed by atoms with van der Waals surface area (Å²) >= 11 is 0. The van der Waals surface area contributed by atoms with E-state index in [1.54, 1.807) is 23.0 Å². The summed E-state index contributed by atoms with van der Waals surface area (Å²) in [5, 5.41) is 8.42. The van der Waals surface area contributed by atoms with Crippen molar-refractivity contribution in [3.63, 3.8) is 0 Å². The topological polar surface area (TPSA) is 52.7 Å². The molecule has 18 heavy (non-hydrogen) atoms. The number of allylic oxidation sites excluding steroid dienone is 1. The molecule has 0 fully saturated rings. The molecule has 0 amide bonds. The van der Waals surface area contributed by atoms with Crippen LogP contribution in [0.15, 0.2) is 30.6 Å². The van der Waals surface area contributed by atoms with Crippen molar-refractivity contribution in [1.29, 1.82) is 0 Å². The number of aryl methyl sites for hydroxylation is 2. The lowest BCUT2D eigenvalue weighted by Gasteiger charge is -1.92. The Labute approximate surface area is 106 Å². The van der Waals surface area contributed by atoms with Crippen LogP contribution in [0.2, 0.25) is 0 Å². The van der Waals surface area contributed by atoms with Gasteiger partial charge < -0.3 is 0 Å². The zero-order chi connectivity index (χ0) is 13.0. The van der Waals surface area contributed by atoms with E-state index in [0.717, 1.165) is 18.8 Å². The van der Waals surface area contributed by atoms with E-state index in [4.69, 9.17) is 0 Å². The molecule has 0 aliphatic carbocycles. The molecule has 2 heterocycles. The molecule has 0 atom stereocenters. The highest BCUT2D eigenvalue weighted by Crippen LogP contribution is 2.03. The van der Waals surface area contributed by atoms with Crippen LogP contribution in [0.5, 0.6) is 0 Å². The SMILES string of the molecule is CCn1ccc(/C=C/C(=O)c2ccn(CC)n2)n1. The van der Waals surface area contributed by atoms with E-state index in [0.29, 0.717) is 5.69 Å². The monoisotopic (exact) mass is 244 g/mol. The van der Waals surface area contributed by atoms with Crippen molar-refractivity contribution in [1.82, 2.24) is 19.6 Å². The Morgan fingerprint density at radius 1 is 1.17 bits per heavy atom. The number of hydrogen-bond donors (Lipinski definition) is 0. The second-order valence-corrected chi connectivity index (χ2v) is 3.85. The Balaban J connectivity index is 2.06. The van der Waals surface area contributed by atoms with Crippen LogP contribution in [0, 0.1) is 0 Å². The fourth-order valence-corrected chi connectivity index (χ4v) is 1.56. The van der Waals surface area contributed by atoms with Gasteiger partial charge in [0.2, 0.25) is 5.78 Å². The first-order valence-electron chi connectivity index (χ1n) is 6.02. The van der Waals surface area contributed by atoms with E-state index in [2.05, 4.69) is 10.2 Å². The van der Waals surface area contributed by atoms with Crippen LogP contribution in [0.25, 0.3) is 6.08 Å². The van der Waals surface area contributed by atoms with Crippen LogP contribution in [0.4, 0.5) is 0 Å². The molecule has 0 aliphatic rings. The van der Waals surface area contributed by atoms with Crippen LogP contribution in [0.1, 0.15) is 30.0 Å². The molecule has 2 aromatic rings. The Hall–Kier alpha value is -2.17. The predicted molar refractivity (Wildman–Crippen MR) is 69.2 cm³/mol. The zero-order valence-corrected chi connectivity index (χ0v) is 10.6. The normalized spacial score (nSPS) is 11.2. The van der Waals surface area contributed by atoms with Crippen molar-refractivity contribution < 1.29 is 4.79 Å². The van der Waals surface area contributed by atoms with Gasteiger partial charge in [-0.15, -0.1) is 0 Å². The minimum atomic E-state index is -0.103. The second-order valence-electron chi connectivity index (χ2n) is 3.85. The van der Waals surface area contributed by atoms with Crippen molar-refractivity contribution >= 4 is 11.9 Å². The summed E-state index contributed by atoms with van der Waals surface area (Å²) in [5.41, 5.74) is 1.24. The van der Waals surface area contributed by atoms with Gasteiger partial charge in [0.15, 0.2) is 0 Å². The molecule has 0 spiro atoms. The van der Waals surface area contributed by atoms with Crippen LogP contribution in [0.3, 0.4) is 0 Å². The molecule has 94 valence electrons. The number of aromatic nitrogens is 4. The molecular formula is C13H16N4O. The maximum atomic E-state index is 11.8. The van der Waals surface area contributed by atoms with Gasteiger partial charge in [-0.25, -0.2) is 0 Å². The molecule has 0 saturated carbocycles. The van der Waals surface area contributed by atoms with Crippen molar-refractivity contribution in [2.24, 2.45) is 0 Å². The van der Waals surface area contributed by atoms with Gasteiger partial charge in [-0.1, -0.05) is 0 Å². The average Bonchev–Trinajstić information content (AvgIpc) is 3.04. The third kappa shape index (κ3) is 2.74. The fourth-order valence-electron chi connectivity index (χ4n) is 1.56. The highest BCUT2D eigenvalue weighted by molar-refractivity contribution is 6.05. The summed E-state index contributed by atoms with van der Waals surface area (Å²) in [5.74, 6) is -0.103. The standard InChI is InChI=1S/C13H16N4O/c1-3-16-9-7-11(14-16)5-6-13(18)12-8-10-17(4-2)15-12/h5-10H,3-4H2,1-2H3/b6-5+. The largest absolute Gasteiger partial charge is 0.287 e. The Kier molecular flexibility index (Phi) is 3.72.